The van der Waals surface area contributed by atoms with Gasteiger partial charge < -0.3 is 14.9 Å². The Hall–Kier alpha value is -2.52. The van der Waals surface area contributed by atoms with Crippen molar-refractivity contribution in [3.8, 4) is 22.9 Å². The summed E-state index contributed by atoms with van der Waals surface area (Å²) >= 11 is 21.4. The van der Waals surface area contributed by atoms with Crippen molar-refractivity contribution in [3.63, 3.8) is 0 Å². The minimum atomic E-state index is 0.246. The summed E-state index contributed by atoms with van der Waals surface area (Å²) in [5.41, 5.74) is 5.92. The van der Waals surface area contributed by atoms with Crippen LogP contribution in [-0.2, 0) is 13.2 Å². The number of halogens is 3. The van der Waals surface area contributed by atoms with Crippen molar-refractivity contribution in [3.05, 3.63) is 91.1 Å². The summed E-state index contributed by atoms with van der Waals surface area (Å²) in [6.45, 7) is 0.630. The Morgan fingerprint density at radius 3 is 2.64 bits per heavy atom. The number of nitrogens with one attached hydrogen (secondary N) is 2. The molecule has 0 aliphatic heterocycles. The lowest BCUT2D eigenvalue weighted by Crippen LogP contribution is -2.17. The van der Waals surface area contributed by atoms with Crippen LogP contribution < -0.4 is 14.9 Å². The second kappa shape index (κ2) is 10.6. The SMILES string of the molecule is COc1ccc(Br)c(CNn2c(-c3ccccc3)n[nH]c2=S)c1OCc1ccc(Cl)cc1Cl. The molecule has 0 saturated carbocycles. The molecule has 0 radical (unpaired) electrons. The summed E-state index contributed by atoms with van der Waals surface area (Å²) in [5.74, 6) is 1.86. The summed E-state index contributed by atoms with van der Waals surface area (Å²) < 4.78 is 14.8. The maximum absolute atomic E-state index is 6.32. The van der Waals surface area contributed by atoms with Crippen LogP contribution in [0.1, 0.15) is 11.1 Å². The topological polar surface area (TPSA) is 64.1 Å². The summed E-state index contributed by atoms with van der Waals surface area (Å²) in [7, 11) is 1.60. The highest BCUT2D eigenvalue weighted by molar-refractivity contribution is 9.10. The number of hydrogen-bond acceptors (Lipinski definition) is 5. The first-order chi connectivity index (χ1) is 16.0. The van der Waals surface area contributed by atoms with Crippen molar-refractivity contribution in [2.24, 2.45) is 0 Å². The minimum Gasteiger partial charge on any atom is -0.493 e. The van der Waals surface area contributed by atoms with Crippen LogP contribution in [0.4, 0.5) is 0 Å². The van der Waals surface area contributed by atoms with Crippen LogP contribution in [0, 0.1) is 4.77 Å². The van der Waals surface area contributed by atoms with E-state index in [1.807, 2.05) is 48.5 Å². The molecule has 3 aromatic carbocycles. The van der Waals surface area contributed by atoms with Crippen molar-refractivity contribution in [1.82, 2.24) is 14.9 Å². The quantitative estimate of drug-likeness (QED) is 0.225. The van der Waals surface area contributed by atoms with Crippen molar-refractivity contribution >= 4 is 51.3 Å². The molecule has 0 fully saturated rings. The molecular formula is C23H19BrCl2N4O2S. The van der Waals surface area contributed by atoms with E-state index in [1.165, 1.54) is 0 Å². The standard InChI is InChI=1S/C23H19BrCl2N4O2S/c1-31-20-10-9-18(24)17(21(20)32-13-15-7-8-16(25)11-19(15)26)12-27-30-22(28-29-23(30)33)14-5-3-2-4-6-14/h2-11,27H,12-13H2,1H3,(H,29,33). The molecule has 0 atom stereocenters. The van der Waals surface area contributed by atoms with E-state index in [0.29, 0.717) is 38.7 Å². The first kappa shape index (κ1) is 23.6. The average molecular weight is 566 g/mol. The van der Waals surface area contributed by atoms with Crippen molar-refractivity contribution in [1.29, 1.82) is 0 Å². The number of benzene rings is 3. The molecule has 1 aromatic heterocycles. The lowest BCUT2D eigenvalue weighted by molar-refractivity contribution is 0.281. The Bertz CT molecular complexity index is 1330. The Morgan fingerprint density at radius 1 is 1.12 bits per heavy atom. The number of nitrogens with zero attached hydrogens (tertiary/aromatic N) is 2. The number of ether oxygens (including phenoxy) is 2. The van der Waals surface area contributed by atoms with Crippen LogP contribution in [-0.4, -0.2) is 22.0 Å². The van der Waals surface area contributed by atoms with Gasteiger partial charge in [-0.3, -0.25) is 0 Å². The van der Waals surface area contributed by atoms with E-state index >= 15 is 0 Å². The number of aromatic nitrogens is 3. The number of methoxy groups -OCH3 is 1. The van der Waals surface area contributed by atoms with Crippen LogP contribution in [0.15, 0.2) is 65.1 Å². The van der Waals surface area contributed by atoms with E-state index in [4.69, 9.17) is 44.9 Å². The maximum Gasteiger partial charge on any atom is 0.214 e. The minimum absolute atomic E-state index is 0.246. The molecule has 6 nitrogen and oxygen atoms in total. The van der Waals surface area contributed by atoms with Crippen LogP contribution in [0.5, 0.6) is 11.5 Å². The van der Waals surface area contributed by atoms with E-state index in [2.05, 4.69) is 31.6 Å². The highest BCUT2D eigenvalue weighted by atomic mass is 79.9. The zero-order valence-corrected chi connectivity index (χ0v) is 21.4. The van der Waals surface area contributed by atoms with Gasteiger partial charge in [0.2, 0.25) is 4.77 Å². The summed E-state index contributed by atoms with van der Waals surface area (Å²) in [6, 6.07) is 18.8. The number of H-pyrrole nitrogens is 1. The second-order valence-electron chi connectivity index (χ2n) is 6.97. The molecule has 4 rings (SSSR count). The predicted octanol–water partition coefficient (Wildman–Crippen LogP) is 7.01. The molecule has 0 aliphatic carbocycles. The fourth-order valence-corrected chi connectivity index (χ4v) is 4.35. The molecule has 0 saturated heterocycles. The van der Waals surface area contributed by atoms with Gasteiger partial charge in [-0.1, -0.05) is 75.5 Å². The van der Waals surface area contributed by atoms with E-state index in [0.717, 1.165) is 21.2 Å². The second-order valence-corrected chi connectivity index (χ2v) is 9.06. The third-order valence-electron chi connectivity index (χ3n) is 4.89. The molecule has 10 heteroatoms. The number of hydrogen-bond donors (Lipinski definition) is 2. The van der Waals surface area contributed by atoms with E-state index < -0.39 is 0 Å². The van der Waals surface area contributed by atoms with Gasteiger partial charge in [-0.15, -0.1) is 0 Å². The Balaban J connectivity index is 1.62. The molecule has 4 aromatic rings. The Morgan fingerprint density at radius 2 is 1.91 bits per heavy atom. The first-order valence-electron chi connectivity index (χ1n) is 9.86. The monoisotopic (exact) mass is 564 g/mol. The van der Waals surface area contributed by atoms with E-state index in [1.54, 1.807) is 23.9 Å². The predicted molar refractivity (Wildman–Crippen MR) is 137 cm³/mol. The Labute approximate surface area is 214 Å². The molecular weight excluding hydrogens is 547 g/mol. The molecule has 1 heterocycles. The number of rotatable bonds is 8. The van der Waals surface area contributed by atoms with Crippen LogP contribution in [0.2, 0.25) is 10.0 Å². The largest absolute Gasteiger partial charge is 0.493 e. The molecule has 170 valence electrons. The third-order valence-corrected chi connectivity index (χ3v) is 6.50. The molecule has 2 N–H and O–H groups in total. The van der Waals surface area contributed by atoms with Gasteiger partial charge in [-0.2, -0.15) is 5.10 Å². The van der Waals surface area contributed by atoms with Crippen molar-refractivity contribution in [2.45, 2.75) is 13.2 Å². The van der Waals surface area contributed by atoms with Crippen LogP contribution in [0.3, 0.4) is 0 Å². The van der Waals surface area contributed by atoms with Crippen molar-refractivity contribution in [2.75, 3.05) is 12.5 Å². The highest BCUT2D eigenvalue weighted by Crippen LogP contribution is 2.37. The fourth-order valence-electron chi connectivity index (χ4n) is 3.24. The van der Waals surface area contributed by atoms with Gasteiger partial charge in [0.1, 0.15) is 6.61 Å². The highest BCUT2D eigenvalue weighted by Gasteiger charge is 2.17. The molecule has 0 spiro atoms. The number of aromatic amines is 1. The maximum atomic E-state index is 6.32. The van der Waals surface area contributed by atoms with Gasteiger partial charge in [0.25, 0.3) is 0 Å². The summed E-state index contributed by atoms with van der Waals surface area (Å²) in [5, 5.41) is 8.31. The first-order valence-corrected chi connectivity index (χ1v) is 11.8. The normalized spacial score (nSPS) is 10.8. The van der Waals surface area contributed by atoms with Gasteiger partial charge in [0.05, 0.1) is 13.7 Å². The lowest BCUT2D eigenvalue weighted by atomic mass is 10.1. The molecule has 0 aliphatic rings. The van der Waals surface area contributed by atoms with Gasteiger partial charge in [-0.25, -0.2) is 9.77 Å². The molecule has 0 bridgehead atoms. The summed E-state index contributed by atoms with van der Waals surface area (Å²) in [4.78, 5) is 0. The molecule has 0 unspecified atom stereocenters. The smallest absolute Gasteiger partial charge is 0.214 e. The van der Waals surface area contributed by atoms with E-state index in [-0.39, 0.29) is 6.61 Å². The molecule has 33 heavy (non-hydrogen) atoms. The van der Waals surface area contributed by atoms with Gasteiger partial charge in [0, 0.05) is 31.2 Å². The average Bonchev–Trinajstić information content (AvgIpc) is 3.18. The van der Waals surface area contributed by atoms with Gasteiger partial charge in [0.15, 0.2) is 17.3 Å². The lowest BCUT2D eigenvalue weighted by Gasteiger charge is -2.18. The zero-order chi connectivity index (χ0) is 23.4. The molecule has 0 amide bonds. The van der Waals surface area contributed by atoms with Gasteiger partial charge in [-0.05, 0) is 36.5 Å². The zero-order valence-electron chi connectivity index (χ0n) is 17.4. The fraction of sp³-hybridized carbons (Fsp3) is 0.130. The van der Waals surface area contributed by atoms with Crippen LogP contribution in [0.25, 0.3) is 11.4 Å². The van der Waals surface area contributed by atoms with Crippen molar-refractivity contribution < 1.29 is 9.47 Å². The summed E-state index contributed by atoms with van der Waals surface area (Å²) in [6.07, 6.45) is 0. The van der Waals surface area contributed by atoms with Gasteiger partial charge >= 0.3 is 0 Å². The van der Waals surface area contributed by atoms with E-state index in [9.17, 15) is 0 Å². The third kappa shape index (κ3) is 5.35. The van der Waals surface area contributed by atoms with Crippen LogP contribution >= 0.6 is 51.3 Å². The Kier molecular flexibility index (Phi) is 7.60.